The SMILES string of the molecule is Cn1cc(S(N)(=O)=O)cc1C(=O)N1CCCC1CO. The van der Waals surface area contributed by atoms with Crippen LogP contribution in [0.1, 0.15) is 23.3 Å². The highest BCUT2D eigenvalue weighted by molar-refractivity contribution is 7.89. The van der Waals surface area contributed by atoms with E-state index in [-0.39, 0.29) is 29.1 Å². The van der Waals surface area contributed by atoms with Crippen molar-refractivity contribution in [3.63, 3.8) is 0 Å². The first-order valence-electron chi connectivity index (χ1n) is 5.95. The van der Waals surface area contributed by atoms with Gasteiger partial charge in [0.1, 0.15) is 10.6 Å². The number of rotatable bonds is 3. The van der Waals surface area contributed by atoms with Gasteiger partial charge in [-0.25, -0.2) is 13.6 Å². The summed E-state index contributed by atoms with van der Waals surface area (Å²) in [5.74, 6) is -0.283. The van der Waals surface area contributed by atoms with Crippen molar-refractivity contribution in [3.05, 3.63) is 18.0 Å². The fourth-order valence-corrected chi connectivity index (χ4v) is 2.92. The second-order valence-corrected chi connectivity index (χ2v) is 6.26. The monoisotopic (exact) mass is 287 g/mol. The highest BCUT2D eigenvalue weighted by Crippen LogP contribution is 2.21. The Balaban J connectivity index is 2.32. The molecule has 1 aromatic heterocycles. The number of nitrogens with zero attached hydrogens (tertiary/aromatic N) is 2. The van der Waals surface area contributed by atoms with Crippen molar-refractivity contribution in [2.75, 3.05) is 13.2 Å². The Labute approximate surface area is 111 Å². The molecule has 7 nitrogen and oxygen atoms in total. The molecule has 0 aliphatic carbocycles. The van der Waals surface area contributed by atoms with Crippen LogP contribution in [0.5, 0.6) is 0 Å². The molecule has 3 N–H and O–H groups in total. The molecule has 1 aromatic rings. The quantitative estimate of drug-likeness (QED) is 0.764. The van der Waals surface area contributed by atoms with E-state index in [1.54, 1.807) is 11.9 Å². The van der Waals surface area contributed by atoms with E-state index in [2.05, 4.69) is 0 Å². The van der Waals surface area contributed by atoms with E-state index in [4.69, 9.17) is 5.14 Å². The van der Waals surface area contributed by atoms with Crippen molar-refractivity contribution in [2.45, 2.75) is 23.8 Å². The zero-order chi connectivity index (χ0) is 14.2. The van der Waals surface area contributed by atoms with E-state index < -0.39 is 10.0 Å². The van der Waals surface area contributed by atoms with Crippen molar-refractivity contribution < 1.29 is 18.3 Å². The Morgan fingerprint density at radius 3 is 2.79 bits per heavy atom. The molecule has 0 radical (unpaired) electrons. The van der Waals surface area contributed by atoms with Gasteiger partial charge in [-0.05, 0) is 18.9 Å². The summed E-state index contributed by atoms with van der Waals surface area (Å²) in [6, 6.07) is 1.07. The lowest BCUT2D eigenvalue weighted by Crippen LogP contribution is -2.38. The van der Waals surface area contributed by atoms with Crippen LogP contribution in [0.3, 0.4) is 0 Å². The van der Waals surface area contributed by atoms with Crippen LogP contribution in [0.15, 0.2) is 17.2 Å². The maximum atomic E-state index is 12.3. The van der Waals surface area contributed by atoms with Crippen LogP contribution in [0.2, 0.25) is 0 Å². The van der Waals surface area contributed by atoms with Gasteiger partial charge in [-0.15, -0.1) is 0 Å². The van der Waals surface area contributed by atoms with Crippen molar-refractivity contribution in [1.29, 1.82) is 0 Å². The van der Waals surface area contributed by atoms with Gasteiger partial charge in [0.05, 0.1) is 12.6 Å². The number of nitrogens with two attached hydrogens (primary N) is 1. The third-order valence-corrected chi connectivity index (χ3v) is 4.26. The van der Waals surface area contributed by atoms with Crippen LogP contribution in [0.25, 0.3) is 0 Å². The second kappa shape index (κ2) is 4.95. The number of likely N-dealkylation sites (tertiary alicyclic amines) is 1. The van der Waals surface area contributed by atoms with Crippen LogP contribution in [-0.4, -0.2) is 48.1 Å². The summed E-state index contributed by atoms with van der Waals surface area (Å²) in [6.07, 6.45) is 2.91. The van der Waals surface area contributed by atoms with E-state index in [0.29, 0.717) is 6.54 Å². The summed E-state index contributed by atoms with van der Waals surface area (Å²) in [4.78, 5) is 13.8. The molecule has 1 fully saturated rings. The summed E-state index contributed by atoms with van der Waals surface area (Å²) in [6.45, 7) is 0.484. The number of aliphatic hydroxyl groups excluding tert-OH is 1. The van der Waals surface area contributed by atoms with Crippen molar-refractivity contribution in [3.8, 4) is 0 Å². The molecule has 0 aromatic carbocycles. The molecular formula is C11H17N3O4S. The van der Waals surface area contributed by atoms with Gasteiger partial charge in [0.15, 0.2) is 0 Å². The maximum Gasteiger partial charge on any atom is 0.270 e. The van der Waals surface area contributed by atoms with Gasteiger partial charge in [-0.2, -0.15) is 0 Å². The van der Waals surface area contributed by atoms with Gasteiger partial charge in [0.25, 0.3) is 5.91 Å². The zero-order valence-corrected chi connectivity index (χ0v) is 11.4. The number of hydrogen-bond acceptors (Lipinski definition) is 4. The molecule has 1 amide bonds. The first-order valence-corrected chi connectivity index (χ1v) is 7.50. The molecule has 8 heteroatoms. The van der Waals surface area contributed by atoms with Crippen LogP contribution >= 0.6 is 0 Å². The van der Waals surface area contributed by atoms with E-state index >= 15 is 0 Å². The predicted molar refractivity (Wildman–Crippen MR) is 67.9 cm³/mol. The van der Waals surface area contributed by atoms with E-state index in [1.165, 1.54) is 16.8 Å². The molecule has 0 saturated carbocycles. The number of hydrogen-bond donors (Lipinski definition) is 2. The molecule has 106 valence electrons. The molecule has 0 spiro atoms. The van der Waals surface area contributed by atoms with Crippen molar-refractivity contribution in [1.82, 2.24) is 9.47 Å². The molecule has 1 aliphatic heterocycles. The molecule has 1 unspecified atom stereocenters. The summed E-state index contributed by atoms with van der Waals surface area (Å²) >= 11 is 0. The van der Waals surface area contributed by atoms with Crippen LogP contribution in [0.4, 0.5) is 0 Å². The molecule has 19 heavy (non-hydrogen) atoms. The number of aryl methyl sites for hydroxylation is 1. The predicted octanol–water partition coefficient (Wildman–Crippen LogP) is -0.731. The number of aliphatic hydroxyl groups is 1. The summed E-state index contributed by atoms with van der Waals surface area (Å²) in [5, 5.41) is 14.3. The van der Waals surface area contributed by atoms with Gasteiger partial charge >= 0.3 is 0 Å². The van der Waals surface area contributed by atoms with E-state index in [0.717, 1.165) is 12.8 Å². The first kappa shape index (κ1) is 14.0. The number of carbonyl (C=O) groups excluding carboxylic acids is 1. The normalized spacial score (nSPS) is 19.9. The van der Waals surface area contributed by atoms with Gasteiger partial charge in [-0.3, -0.25) is 4.79 Å². The lowest BCUT2D eigenvalue weighted by molar-refractivity contribution is 0.0668. The minimum absolute atomic E-state index is 0.0851. The van der Waals surface area contributed by atoms with Crippen LogP contribution in [-0.2, 0) is 17.1 Å². The van der Waals surface area contributed by atoms with Gasteiger partial charge in [-0.1, -0.05) is 0 Å². The number of amides is 1. The Hall–Kier alpha value is -1.38. The van der Waals surface area contributed by atoms with Gasteiger partial charge in [0, 0.05) is 19.8 Å². The van der Waals surface area contributed by atoms with Gasteiger partial charge in [0.2, 0.25) is 10.0 Å². The smallest absolute Gasteiger partial charge is 0.270 e. The molecule has 1 aliphatic rings. The molecule has 2 rings (SSSR count). The minimum atomic E-state index is -3.82. The molecular weight excluding hydrogens is 270 g/mol. The third-order valence-electron chi connectivity index (χ3n) is 3.38. The summed E-state index contributed by atoms with van der Waals surface area (Å²) in [7, 11) is -2.23. The maximum absolute atomic E-state index is 12.3. The Kier molecular flexibility index (Phi) is 3.66. The summed E-state index contributed by atoms with van der Waals surface area (Å²) in [5.41, 5.74) is 0.254. The average Bonchev–Trinajstić information content (AvgIpc) is 2.92. The molecule has 2 heterocycles. The van der Waals surface area contributed by atoms with Crippen molar-refractivity contribution >= 4 is 15.9 Å². The first-order chi connectivity index (χ1) is 8.84. The molecule has 1 atom stereocenters. The van der Waals surface area contributed by atoms with Gasteiger partial charge < -0.3 is 14.6 Å². The number of carbonyl (C=O) groups is 1. The highest BCUT2D eigenvalue weighted by Gasteiger charge is 2.30. The lowest BCUT2D eigenvalue weighted by Gasteiger charge is -2.23. The van der Waals surface area contributed by atoms with E-state index in [9.17, 15) is 18.3 Å². The Bertz CT molecular complexity index is 593. The molecule has 0 bridgehead atoms. The number of sulfonamides is 1. The summed E-state index contributed by atoms with van der Waals surface area (Å²) < 4.78 is 24.0. The third kappa shape index (κ3) is 2.65. The zero-order valence-electron chi connectivity index (χ0n) is 10.6. The van der Waals surface area contributed by atoms with Crippen LogP contribution < -0.4 is 5.14 Å². The van der Waals surface area contributed by atoms with E-state index in [1.807, 2.05) is 0 Å². The Morgan fingerprint density at radius 2 is 2.26 bits per heavy atom. The standard InChI is InChI=1S/C11H17N3O4S/c1-13-6-9(19(12,17)18)5-10(13)11(16)14-4-2-3-8(14)7-15/h5-6,8,15H,2-4,7H2,1H3,(H2,12,17,18). The number of primary sulfonamides is 1. The fourth-order valence-electron chi connectivity index (χ4n) is 2.34. The topological polar surface area (TPSA) is 106 Å². The minimum Gasteiger partial charge on any atom is -0.394 e. The van der Waals surface area contributed by atoms with Crippen LogP contribution in [0, 0.1) is 0 Å². The van der Waals surface area contributed by atoms with Crippen molar-refractivity contribution in [2.24, 2.45) is 12.2 Å². The molecule has 1 saturated heterocycles. The number of aromatic nitrogens is 1. The highest BCUT2D eigenvalue weighted by atomic mass is 32.2. The second-order valence-electron chi connectivity index (χ2n) is 4.69. The average molecular weight is 287 g/mol. The Morgan fingerprint density at radius 1 is 1.58 bits per heavy atom. The lowest BCUT2D eigenvalue weighted by atomic mass is 10.2. The largest absolute Gasteiger partial charge is 0.394 e. The fraction of sp³-hybridized carbons (Fsp3) is 0.545.